The molecule has 0 amide bonds. The van der Waals surface area contributed by atoms with Crippen LogP contribution in [0.15, 0.2) is 133 Å². The highest BCUT2D eigenvalue weighted by Gasteiger charge is 2.64. The summed E-state index contributed by atoms with van der Waals surface area (Å²) in [4.78, 5) is 0. The van der Waals surface area contributed by atoms with E-state index in [1.807, 2.05) is 7.11 Å². The molecular formula is C41H44O3. The summed E-state index contributed by atoms with van der Waals surface area (Å²) < 4.78 is 18.2. The van der Waals surface area contributed by atoms with Crippen molar-refractivity contribution in [2.24, 2.45) is 10.8 Å². The van der Waals surface area contributed by atoms with Gasteiger partial charge in [-0.25, -0.2) is 0 Å². The van der Waals surface area contributed by atoms with Gasteiger partial charge in [0.2, 0.25) is 0 Å². The third-order valence-electron chi connectivity index (χ3n) is 11.0. The summed E-state index contributed by atoms with van der Waals surface area (Å²) in [5, 5.41) is 0. The minimum absolute atomic E-state index is 0.0322. The van der Waals surface area contributed by atoms with Crippen LogP contribution in [0.4, 0.5) is 0 Å². The predicted molar refractivity (Wildman–Crippen MR) is 176 cm³/mol. The van der Waals surface area contributed by atoms with Gasteiger partial charge in [-0.3, -0.25) is 0 Å². The van der Waals surface area contributed by atoms with Crippen molar-refractivity contribution in [3.05, 3.63) is 155 Å². The van der Waals surface area contributed by atoms with E-state index in [2.05, 4.69) is 127 Å². The highest BCUT2D eigenvalue weighted by Crippen LogP contribution is 2.64. The lowest BCUT2D eigenvalue weighted by Gasteiger charge is -2.44. The molecule has 4 aromatic rings. The van der Waals surface area contributed by atoms with Gasteiger partial charge in [-0.2, -0.15) is 0 Å². The molecule has 226 valence electrons. The number of ether oxygens (including phenoxy) is 3. The maximum atomic E-state index is 6.22. The molecule has 2 aliphatic heterocycles. The van der Waals surface area contributed by atoms with Crippen molar-refractivity contribution in [2.75, 3.05) is 20.3 Å². The van der Waals surface area contributed by atoms with Crippen LogP contribution in [0, 0.1) is 10.8 Å². The predicted octanol–water partition coefficient (Wildman–Crippen LogP) is 9.65. The molecule has 3 heteroatoms. The SMILES string of the molecule is C1=C2OCCC2(C(c2ccccc2)c2ccccc2)CC1.COC12CCCC1(C(c1ccccc1)c1ccccc1)CCO2. The van der Waals surface area contributed by atoms with Gasteiger partial charge in [0.05, 0.1) is 19.0 Å². The van der Waals surface area contributed by atoms with Crippen LogP contribution >= 0.6 is 0 Å². The van der Waals surface area contributed by atoms with Gasteiger partial charge in [0.25, 0.3) is 0 Å². The maximum Gasteiger partial charge on any atom is 0.174 e. The molecule has 0 radical (unpaired) electrons. The second kappa shape index (κ2) is 12.4. The number of benzene rings is 4. The third-order valence-corrected chi connectivity index (χ3v) is 11.0. The topological polar surface area (TPSA) is 27.7 Å². The van der Waals surface area contributed by atoms with Gasteiger partial charge in [0, 0.05) is 36.2 Å². The highest BCUT2D eigenvalue weighted by molar-refractivity contribution is 5.41. The van der Waals surface area contributed by atoms with E-state index in [0.29, 0.717) is 11.8 Å². The van der Waals surface area contributed by atoms with Crippen molar-refractivity contribution in [2.45, 2.75) is 62.6 Å². The third kappa shape index (κ3) is 4.91. The molecule has 3 nitrogen and oxygen atoms in total. The summed E-state index contributed by atoms with van der Waals surface area (Å²) in [6.07, 6.45) is 10.2. The Balaban J connectivity index is 0.000000143. The van der Waals surface area contributed by atoms with Crippen molar-refractivity contribution in [1.82, 2.24) is 0 Å². The van der Waals surface area contributed by atoms with Crippen molar-refractivity contribution in [1.29, 1.82) is 0 Å². The van der Waals surface area contributed by atoms with Gasteiger partial charge >= 0.3 is 0 Å². The molecule has 3 atom stereocenters. The van der Waals surface area contributed by atoms with Crippen LogP contribution in [-0.4, -0.2) is 26.1 Å². The summed E-state index contributed by atoms with van der Waals surface area (Å²) >= 11 is 0. The van der Waals surface area contributed by atoms with Crippen LogP contribution in [0.25, 0.3) is 0 Å². The molecule has 4 aromatic carbocycles. The molecule has 0 bridgehead atoms. The van der Waals surface area contributed by atoms with E-state index in [1.54, 1.807) is 0 Å². The largest absolute Gasteiger partial charge is 0.498 e. The molecule has 1 saturated carbocycles. The van der Waals surface area contributed by atoms with Gasteiger partial charge in [0.15, 0.2) is 5.79 Å². The zero-order chi connectivity index (χ0) is 29.9. The fourth-order valence-electron chi connectivity index (χ4n) is 9.13. The Morgan fingerprint density at radius 2 is 1.09 bits per heavy atom. The van der Waals surface area contributed by atoms with Crippen LogP contribution < -0.4 is 0 Å². The number of allylic oxidation sites excluding steroid dienone is 2. The van der Waals surface area contributed by atoms with Crippen LogP contribution in [-0.2, 0) is 14.2 Å². The Morgan fingerprint density at radius 3 is 1.61 bits per heavy atom. The first kappa shape index (κ1) is 29.1. The summed E-state index contributed by atoms with van der Waals surface area (Å²) in [7, 11) is 1.82. The number of hydrogen-bond donors (Lipinski definition) is 0. The van der Waals surface area contributed by atoms with Gasteiger partial charge in [-0.1, -0.05) is 121 Å². The van der Waals surface area contributed by atoms with Crippen LogP contribution in [0.2, 0.25) is 0 Å². The van der Waals surface area contributed by atoms with Gasteiger partial charge < -0.3 is 14.2 Å². The first-order valence-corrected chi connectivity index (χ1v) is 16.4. The van der Waals surface area contributed by atoms with E-state index in [0.717, 1.165) is 45.3 Å². The fraction of sp³-hybridized carbons (Fsp3) is 0.366. The molecule has 8 rings (SSSR count). The second-order valence-corrected chi connectivity index (χ2v) is 12.9. The van der Waals surface area contributed by atoms with Crippen molar-refractivity contribution >= 4 is 0 Å². The molecule has 2 heterocycles. The Labute approximate surface area is 262 Å². The smallest absolute Gasteiger partial charge is 0.174 e. The first-order chi connectivity index (χ1) is 21.7. The molecular weight excluding hydrogens is 540 g/mol. The normalized spacial score (nSPS) is 26.9. The van der Waals surface area contributed by atoms with Gasteiger partial charge in [0.1, 0.15) is 0 Å². The molecule has 44 heavy (non-hydrogen) atoms. The van der Waals surface area contributed by atoms with Crippen molar-refractivity contribution < 1.29 is 14.2 Å². The summed E-state index contributed by atoms with van der Waals surface area (Å²) in [5.74, 6) is 1.52. The maximum absolute atomic E-state index is 6.22. The van der Waals surface area contributed by atoms with E-state index in [-0.39, 0.29) is 10.8 Å². The Bertz CT molecular complexity index is 1440. The molecule has 2 aliphatic carbocycles. The van der Waals surface area contributed by atoms with Gasteiger partial charge in [-0.15, -0.1) is 0 Å². The second-order valence-electron chi connectivity index (χ2n) is 12.9. The molecule has 3 fully saturated rings. The van der Waals surface area contributed by atoms with E-state index in [9.17, 15) is 0 Å². The molecule has 3 unspecified atom stereocenters. The van der Waals surface area contributed by atoms with Crippen LogP contribution in [0.5, 0.6) is 0 Å². The van der Waals surface area contributed by atoms with E-state index >= 15 is 0 Å². The van der Waals surface area contributed by atoms with E-state index in [1.165, 1.54) is 40.9 Å². The molecule has 2 saturated heterocycles. The average Bonchev–Trinajstić information content (AvgIpc) is 3.84. The zero-order valence-electron chi connectivity index (χ0n) is 25.9. The zero-order valence-corrected chi connectivity index (χ0v) is 25.9. The van der Waals surface area contributed by atoms with Crippen LogP contribution in [0.1, 0.15) is 79.0 Å². The highest BCUT2D eigenvalue weighted by atomic mass is 16.7. The van der Waals surface area contributed by atoms with Crippen molar-refractivity contribution in [3.8, 4) is 0 Å². The van der Waals surface area contributed by atoms with E-state index < -0.39 is 5.79 Å². The summed E-state index contributed by atoms with van der Waals surface area (Å²) in [5.41, 5.74) is 5.75. The Kier molecular flexibility index (Phi) is 8.18. The fourth-order valence-corrected chi connectivity index (χ4v) is 9.13. The molecule has 0 spiro atoms. The number of methoxy groups -OCH3 is 1. The number of fused-ring (bicyclic) bond motifs is 2. The summed E-state index contributed by atoms with van der Waals surface area (Å²) in [6, 6.07) is 43.6. The number of rotatable bonds is 7. The average molecular weight is 585 g/mol. The lowest BCUT2D eigenvalue weighted by atomic mass is 9.64. The standard InChI is InChI=1S/C21H24O2.C20H20O/c1-22-21-14-8-13-20(21,15-16-23-21)19(17-9-4-2-5-10-17)18-11-6-3-7-12-18;1-3-8-16(9-4-1)19(17-10-5-2-6-11-17)20-13-7-12-18(20)21-15-14-20/h2-7,9-12,19H,8,13-16H2,1H3;1-6,8-12,19H,7,13-15H2. The Hall–Kier alpha value is -3.66. The monoisotopic (exact) mass is 584 g/mol. The Morgan fingerprint density at radius 1 is 0.568 bits per heavy atom. The minimum Gasteiger partial charge on any atom is -0.498 e. The van der Waals surface area contributed by atoms with E-state index in [4.69, 9.17) is 14.2 Å². The lowest BCUT2D eigenvalue weighted by Crippen LogP contribution is -2.46. The van der Waals surface area contributed by atoms with Gasteiger partial charge in [-0.05, 0) is 66.9 Å². The van der Waals surface area contributed by atoms with Crippen molar-refractivity contribution in [3.63, 3.8) is 0 Å². The summed E-state index contributed by atoms with van der Waals surface area (Å²) in [6.45, 7) is 1.66. The molecule has 0 aromatic heterocycles. The minimum atomic E-state index is -0.427. The van der Waals surface area contributed by atoms with Crippen LogP contribution in [0.3, 0.4) is 0 Å². The molecule has 0 N–H and O–H groups in total. The molecule has 4 aliphatic rings. The number of hydrogen-bond acceptors (Lipinski definition) is 3. The first-order valence-electron chi connectivity index (χ1n) is 16.4. The lowest BCUT2D eigenvalue weighted by molar-refractivity contribution is -0.235. The quantitative estimate of drug-likeness (QED) is 0.216.